The molecule has 0 aromatic carbocycles. The van der Waals surface area contributed by atoms with Gasteiger partial charge in [0.25, 0.3) is 0 Å². The molecule has 3 aromatic heterocycles. The van der Waals surface area contributed by atoms with Gasteiger partial charge in [-0.25, -0.2) is 14.3 Å². The van der Waals surface area contributed by atoms with Crippen LogP contribution in [0.25, 0.3) is 22.2 Å². The Hall–Kier alpha value is -2.15. The van der Waals surface area contributed by atoms with E-state index in [0.717, 1.165) is 41.4 Å². The van der Waals surface area contributed by atoms with E-state index < -0.39 is 0 Å². The van der Waals surface area contributed by atoms with E-state index >= 15 is 0 Å². The van der Waals surface area contributed by atoms with Crippen LogP contribution in [0.2, 0.25) is 0 Å². The highest BCUT2D eigenvalue weighted by Gasteiger charge is 2.25. The molecule has 23 heavy (non-hydrogen) atoms. The molecule has 0 amide bonds. The van der Waals surface area contributed by atoms with Crippen LogP contribution in [0.5, 0.6) is 0 Å². The third kappa shape index (κ3) is 2.55. The molecule has 1 aliphatic rings. The van der Waals surface area contributed by atoms with Gasteiger partial charge in [-0.3, -0.25) is 4.68 Å². The van der Waals surface area contributed by atoms with Crippen molar-refractivity contribution in [3.8, 4) is 11.3 Å². The molecule has 118 valence electrons. The Balaban J connectivity index is 1.86. The summed E-state index contributed by atoms with van der Waals surface area (Å²) in [7, 11) is 1.85. The van der Waals surface area contributed by atoms with Gasteiger partial charge in [-0.05, 0) is 47.3 Å². The number of aryl methyl sites for hydroxylation is 1. The standard InChI is InChI=1S/C16H15BrN4O2/c1-20-9-11(8-19-20)13-5-10-7-18-15(17)6-14(10)21(13)16(22)23-12-3-2-4-12/h5-9,12H,2-4H2,1H3. The van der Waals surface area contributed by atoms with Gasteiger partial charge in [-0.2, -0.15) is 5.10 Å². The molecule has 0 saturated heterocycles. The van der Waals surface area contributed by atoms with Crippen LogP contribution in [-0.2, 0) is 11.8 Å². The molecule has 3 aromatic rings. The largest absolute Gasteiger partial charge is 0.446 e. The second-order valence-corrected chi connectivity index (χ2v) is 6.58. The predicted octanol–water partition coefficient (Wildman–Crippen LogP) is 3.74. The molecule has 6 nitrogen and oxygen atoms in total. The summed E-state index contributed by atoms with van der Waals surface area (Å²) in [5, 5.41) is 5.08. The fourth-order valence-corrected chi connectivity index (χ4v) is 3.04. The average molecular weight is 375 g/mol. The highest BCUT2D eigenvalue weighted by atomic mass is 79.9. The number of nitrogens with zero attached hydrogens (tertiary/aromatic N) is 4. The normalized spacial score (nSPS) is 14.9. The Bertz CT molecular complexity index is 895. The molecule has 0 radical (unpaired) electrons. The van der Waals surface area contributed by atoms with Gasteiger partial charge in [-0.1, -0.05) is 0 Å². The topological polar surface area (TPSA) is 61.9 Å². The molecule has 1 aliphatic carbocycles. The summed E-state index contributed by atoms with van der Waals surface area (Å²) < 4.78 is 9.61. The van der Waals surface area contributed by atoms with Crippen molar-refractivity contribution in [2.75, 3.05) is 0 Å². The van der Waals surface area contributed by atoms with Crippen LogP contribution >= 0.6 is 15.9 Å². The zero-order valence-electron chi connectivity index (χ0n) is 12.6. The number of pyridine rings is 1. The first-order valence-electron chi connectivity index (χ1n) is 7.49. The number of carbonyl (C=O) groups is 1. The van der Waals surface area contributed by atoms with Gasteiger partial charge < -0.3 is 4.74 Å². The number of carbonyl (C=O) groups excluding carboxylic acids is 1. The summed E-state index contributed by atoms with van der Waals surface area (Å²) in [6, 6.07) is 3.77. The smallest absolute Gasteiger partial charge is 0.419 e. The quantitative estimate of drug-likeness (QED) is 0.641. The molecule has 1 fully saturated rings. The van der Waals surface area contributed by atoms with E-state index in [9.17, 15) is 4.79 Å². The maximum Gasteiger partial charge on any atom is 0.419 e. The molecule has 7 heteroatoms. The van der Waals surface area contributed by atoms with Crippen LogP contribution in [0.1, 0.15) is 19.3 Å². The third-order valence-corrected chi connectivity index (χ3v) is 4.59. The zero-order valence-corrected chi connectivity index (χ0v) is 14.2. The maximum atomic E-state index is 12.7. The number of hydrogen-bond acceptors (Lipinski definition) is 4. The highest BCUT2D eigenvalue weighted by Crippen LogP contribution is 2.30. The molecule has 0 spiro atoms. The average Bonchev–Trinajstić information content (AvgIpc) is 3.05. The molecule has 3 heterocycles. The van der Waals surface area contributed by atoms with Gasteiger partial charge in [0.15, 0.2) is 0 Å². The number of ether oxygens (including phenoxy) is 1. The van der Waals surface area contributed by atoms with Crippen molar-refractivity contribution < 1.29 is 9.53 Å². The van der Waals surface area contributed by atoms with E-state index in [1.807, 2.05) is 25.4 Å². The minimum atomic E-state index is -0.346. The highest BCUT2D eigenvalue weighted by molar-refractivity contribution is 9.10. The van der Waals surface area contributed by atoms with E-state index in [0.29, 0.717) is 4.60 Å². The van der Waals surface area contributed by atoms with Crippen LogP contribution in [0.4, 0.5) is 4.79 Å². The second-order valence-electron chi connectivity index (χ2n) is 5.77. The lowest BCUT2D eigenvalue weighted by atomic mass is 9.96. The molecule has 0 atom stereocenters. The lowest BCUT2D eigenvalue weighted by molar-refractivity contribution is 0.0543. The summed E-state index contributed by atoms with van der Waals surface area (Å²) >= 11 is 3.37. The van der Waals surface area contributed by atoms with Gasteiger partial charge in [0.2, 0.25) is 0 Å². The van der Waals surface area contributed by atoms with Gasteiger partial charge in [0.1, 0.15) is 10.7 Å². The lowest BCUT2D eigenvalue weighted by Crippen LogP contribution is -2.27. The molecular formula is C16H15BrN4O2. The van der Waals surface area contributed by atoms with E-state index in [1.54, 1.807) is 21.6 Å². The Morgan fingerprint density at radius 2 is 2.17 bits per heavy atom. The molecule has 0 aliphatic heterocycles. The van der Waals surface area contributed by atoms with E-state index in [2.05, 4.69) is 26.0 Å². The van der Waals surface area contributed by atoms with Crippen molar-refractivity contribution in [3.63, 3.8) is 0 Å². The Kier molecular flexibility index (Phi) is 3.45. The number of fused-ring (bicyclic) bond motifs is 1. The van der Waals surface area contributed by atoms with E-state index in [4.69, 9.17) is 4.74 Å². The molecule has 0 bridgehead atoms. The number of aromatic nitrogens is 4. The molecule has 0 N–H and O–H groups in total. The summed E-state index contributed by atoms with van der Waals surface area (Å²) in [6.45, 7) is 0. The predicted molar refractivity (Wildman–Crippen MR) is 89.2 cm³/mol. The van der Waals surface area contributed by atoms with Crippen LogP contribution in [-0.4, -0.2) is 31.5 Å². The maximum absolute atomic E-state index is 12.7. The Morgan fingerprint density at radius 1 is 1.35 bits per heavy atom. The van der Waals surface area contributed by atoms with E-state index in [-0.39, 0.29) is 12.2 Å². The van der Waals surface area contributed by atoms with Crippen LogP contribution in [0.15, 0.2) is 35.3 Å². The molecule has 0 unspecified atom stereocenters. The summed E-state index contributed by atoms with van der Waals surface area (Å²) in [5.74, 6) is 0. The first kappa shape index (κ1) is 14.4. The minimum absolute atomic E-state index is 0.0342. The second kappa shape index (κ2) is 5.49. The fourth-order valence-electron chi connectivity index (χ4n) is 2.72. The number of halogens is 1. The summed E-state index contributed by atoms with van der Waals surface area (Å²) in [6.07, 6.45) is 8.06. The Morgan fingerprint density at radius 3 is 2.83 bits per heavy atom. The number of hydrogen-bond donors (Lipinski definition) is 0. The minimum Gasteiger partial charge on any atom is -0.446 e. The molecular weight excluding hydrogens is 360 g/mol. The molecule has 4 rings (SSSR count). The fraction of sp³-hybridized carbons (Fsp3) is 0.312. The Labute approximate surface area is 141 Å². The van der Waals surface area contributed by atoms with E-state index in [1.165, 1.54) is 0 Å². The summed E-state index contributed by atoms with van der Waals surface area (Å²) in [5.41, 5.74) is 2.40. The first-order chi connectivity index (χ1) is 11.1. The zero-order chi connectivity index (χ0) is 16.0. The van der Waals surface area contributed by atoms with Gasteiger partial charge in [0, 0.05) is 30.4 Å². The van der Waals surface area contributed by atoms with Crippen molar-refractivity contribution in [2.24, 2.45) is 7.05 Å². The molecule has 1 saturated carbocycles. The van der Waals surface area contributed by atoms with Crippen molar-refractivity contribution in [1.82, 2.24) is 19.3 Å². The first-order valence-corrected chi connectivity index (χ1v) is 8.28. The van der Waals surface area contributed by atoms with Crippen LogP contribution < -0.4 is 0 Å². The van der Waals surface area contributed by atoms with Crippen molar-refractivity contribution in [2.45, 2.75) is 25.4 Å². The van der Waals surface area contributed by atoms with Crippen LogP contribution in [0.3, 0.4) is 0 Å². The summed E-state index contributed by atoms with van der Waals surface area (Å²) in [4.78, 5) is 17.0. The van der Waals surface area contributed by atoms with Crippen molar-refractivity contribution >= 4 is 32.9 Å². The van der Waals surface area contributed by atoms with Crippen molar-refractivity contribution in [1.29, 1.82) is 0 Å². The monoisotopic (exact) mass is 374 g/mol. The number of rotatable bonds is 2. The lowest BCUT2D eigenvalue weighted by Gasteiger charge is -2.25. The van der Waals surface area contributed by atoms with Crippen LogP contribution in [0, 0.1) is 0 Å². The van der Waals surface area contributed by atoms with Gasteiger partial charge in [0.05, 0.1) is 17.4 Å². The van der Waals surface area contributed by atoms with Gasteiger partial charge in [-0.15, -0.1) is 0 Å². The van der Waals surface area contributed by atoms with Crippen molar-refractivity contribution in [3.05, 3.63) is 35.3 Å². The SMILES string of the molecule is Cn1cc(-c2cc3cnc(Br)cc3n2C(=O)OC2CCC2)cn1. The van der Waals surface area contributed by atoms with Gasteiger partial charge >= 0.3 is 6.09 Å². The third-order valence-electron chi connectivity index (χ3n) is 4.16.